The molecule has 16 heavy (non-hydrogen) atoms. The van der Waals surface area contributed by atoms with Crippen molar-refractivity contribution in [2.75, 3.05) is 20.3 Å². The SMILES string of the molecule is CC=C1CC(COCC(C)C)CC(C)N1C. The van der Waals surface area contributed by atoms with Crippen molar-refractivity contribution in [3.05, 3.63) is 11.8 Å². The van der Waals surface area contributed by atoms with E-state index in [0.717, 1.165) is 13.2 Å². The summed E-state index contributed by atoms with van der Waals surface area (Å²) in [5.41, 5.74) is 1.47. The number of hydrogen-bond donors (Lipinski definition) is 0. The van der Waals surface area contributed by atoms with Gasteiger partial charge in [0, 0.05) is 32.0 Å². The van der Waals surface area contributed by atoms with Gasteiger partial charge in [0.05, 0.1) is 0 Å². The highest BCUT2D eigenvalue weighted by molar-refractivity contribution is 5.05. The Morgan fingerprint density at radius 3 is 2.75 bits per heavy atom. The molecule has 1 rings (SSSR count). The monoisotopic (exact) mass is 225 g/mol. The molecule has 0 bridgehead atoms. The van der Waals surface area contributed by atoms with Gasteiger partial charge < -0.3 is 9.64 Å². The third-order valence-corrected chi connectivity index (χ3v) is 3.42. The molecule has 1 heterocycles. The first-order valence-electron chi connectivity index (χ1n) is 6.50. The van der Waals surface area contributed by atoms with E-state index in [1.165, 1.54) is 18.5 Å². The lowest BCUT2D eigenvalue weighted by Gasteiger charge is -2.38. The van der Waals surface area contributed by atoms with Crippen molar-refractivity contribution in [3.8, 4) is 0 Å². The van der Waals surface area contributed by atoms with E-state index < -0.39 is 0 Å². The second-order valence-corrected chi connectivity index (χ2v) is 5.48. The smallest absolute Gasteiger partial charge is 0.0498 e. The molecule has 1 aliphatic rings. The van der Waals surface area contributed by atoms with E-state index >= 15 is 0 Å². The summed E-state index contributed by atoms with van der Waals surface area (Å²) in [6.07, 6.45) is 4.67. The number of nitrogens with zero attached hydrogens (tertiary/aromatic N) is 1. The summed E-state index contributed by atoms with van der Waals surface area (Å²) < 4.78 is 5.77. The van der Waals surface area contributed by atoms with Gasteiger partial charge in [-0.2, -0.15) is 0 Å². The Bertz CT molecular complexity index is 235. The van der Waals surface area contributed by atoms with E-state index in [0.29, 0.717) is 17.9 Å². The molecule has 2 nitrogen and oxygen atoms in total. The zero-order chi connectivity index (χ0) is 12.1. The van der Waals surface area contributed by atoms with E-state index in [2.05, 4.69) is 45.7 Å². The first-order valence-corrected chi connectivity index (χ1v) is 6.50. The molecule has 1 fully saturated rings. The number of ether oxygens (including phenoxy) is 1. The molecule has 0 amide bonds. The molecular formula is C14H27NO. The van der Waals surface area contributed by atoms with Crippen LogP contribution in [0, 0.1) is 11.8 Å². The van der Waals surface area contributed by atoms with Crippen molar-refractivity contribution in [2.45, 2.75) is 46.6 Å². The third-order valence-electron chi connectivity index (χ3n) is 3.42. The van der Waals surface area contributed by atoms with Gasteiger partial charge in [0.1, 0.15) is 0 Å². The third kappa shape index (κ3) is 3.82. The maximum Gasteiger partial charge on any atom is 0.0498 e. The van der Waals surface area contributed by atoms with Crippen molar-refractivity contribution >= 4 is 0 Å². The van der Waals surface area contributed by atoms with Gasteiger partial charge in [0.2, 0.25) is 0 Å². The van der Waals surface area contributed by atoms with E-state index in [1.807, 2.05) is 0 Å². The lowest BCUT2D eigenvalue weighted by Crippen LogP contribution is -2.37. The molecule has 1 saturated heterocycles. The second-order valence-electron chi connectivity index (χ2n) is 5.48. The molecule has 2 unspecified atom stereocenters. The summed E-state index contributed by atoms with van der Waals surface area (Å²) in [4.78, 5) is 2.40. The van der Waals surface area contributed by atoms with Crippen LogP contribution in [-0.2, 0) is 4.74 Å². The van der Waals surface area contributed by atoms with Gasteiger partial charge in [-0.15, -0.1) is 0 Å². The number of likely N-dealkylation sites (tertiary alicyclic amines) is 1. The first kappa shape index (κ1) is 13.6. The summed E-state index contributed by atoms with van der Waals surface area (Å²) in [5, 5.41) is 0. The van der Waals surface area contributed by atoms with Crippen LogP contribution in [0.2, 0.25) is 0 Å². The van der Waals surface area contributed by atoms with Gasteiger partial charge >= 0.3 is 0 Å². The van der Waals surface area contributed by atoms with E-state index in [-0.39, 0.29) is 0 Å². The van der Waals surface area contributed by atoms with Gasteiger partial charge in [-0.3, -0.25) is 0 Å². The summed E-state index contributed by atoms with van der Waals surface area (Å²) in [6.45, 7) is 10.7. The van der Waals surface area contributed by atoms with Gasteiger partial charge in [0.25, 0.3) is 0 Å². The van der Waals surface area contributed by atoms with E-state index in [4.69, 9.17) is 4.74 Å². The second kappa shape index (κ2) is 6.29. The molecule has 0 N–H and O–H groups in total. The molecule has 2 heteroatoms. The fourth-order valence-corrected chi connectivity index (χ4v) is 2.37. The standard InChI is InChI=1S/C14H27NO/c1-6-14-8-13(7-12(4)15(14)5)10-16-9-11(2)3/h6,11-13H,7-10H2,1-5H3. The van der Waals surface area contributed by atoms with Crippen LogP contribution >= 0.6 is 0 Å². The van der Waals surface area contributed by atoms with Gasteiger partial charge in [0.15, 0.2) is 0 Å². The fourth-order valence-electron chi connectivity index (χ4n) is 2.37. The normalized spacial score (nSPS) is 29.1. The zero-order valence-electron chi connectivity index (χ0n) is 11.5. The van der Waals surface area contributed by atoms with Crippen LogP contribution in [0.4, 0.5) is 0 Å². The summed E-state index contributed by atoms with van der Waals surface area (Å²) in [5.74, 6) is 1.35. The number of rotatable bonds is 4. The maximum atomic E-state index is 5.77. The Hall–Kier alpha value is -0.500. The van der Waals surface area contributed by atoms with Crippen molar-refractivity contribution < 1.29 is 4.74 Å². The van der Waals surface area contributed by atoms with Crippen LogP contribution in [0.1, 0.15) is 40.5 Å². The zero-order valence-corrected chi connectivity index (χ0v) is 11.5. The predicted octanol–water partition coefficient (Wildman–Crippen LogP) is 3.29. The molecule has 0 saturated carbocycles. The van der Waals surface area contributed by atoms with Crippen molar-refractivity contribution in [1.82, 2.24) is 4.90 Å². The molecule has 1 aliphatic heterocycles. The molecule has 2 atom stereocenters. The first-order chi connectivity index (χ1) is 7.54. The van der Waals surface area contributed by atoms with Gasteiger partial charge in [-0.1, -0.05) is 19.9 Å². The van der Waals surface area contributed by atoms with E-state index in [9.17, 15) is 0 Å². The Morgan fingerprint density at radius 2 is 2.19 bits per heavy atom. The number of hydrogen-bond acceptors (Lipinski definition) is 2. The van der Waals surface area contributed by atoms with Gasteiger partial charge in [-0.25, -0.2) is 0 Å². The lowest BCUT2D eigenvalue weighted by molar-refractivity contribution is 0.0562. The summed E-state index contributed by atoms with van der Waals surface area (Å²) >= 11 is 0. The molecular weight excluding hydrogens is 198 g/mol. The summed E-state index contributed by atoms with van der Waals surface area (Å²) in [7, 11) is 2.20. The highest BCUT2D eigenvalue weighted by Crippen LogP contribution is 2.29. The molecule has 94 valence electrons. The van der Waals surface area contributed by atoms with Gasteiger partial charge in [-0.05, 0) is 38.5 Å². The Morgan fingerprint density at radius 1 is 1.50 bits per heavy atom. The molecule has 0 radical (unpaired) electrons. The average molecular weight is 225 g/mol. The molecule has 0 spiro atoms. The minimum atomic E-state index is 0.643. The summed E-state index contributed by atoms with van der Waals surface area (Å²) in [6, 6.07) is 0.646. The minimum Gasteiger partial charge on any atom is -0.381 e. The van der Waals surface area contributed by atoms with Crippen LogP contribution in [0.15, 0.2) is 11.8 Å². The van der Waals surface area contributed by atoms with Crippen molar-refractivity contribution in [3.63, 3.8) is 0 Å². The Kier molecular flexibility index (Phi) is 5.33. The van der Waals surface area contributed by atoms with Crippen LogP contribution in [0.25, 0.3) is 0 Å². The number of allylic oxidation sites excluding steroid dienone is 2. The van der Waals surface area contributed by atoms with Crippen LogP contribution in [0.3, 0.4) is 0 Å². The maximum absolute atomic E-state index is 5.77. The Balaban J connectivity index is 2.39. The predicted molar refractivity (Wildman–Crippen MR) is 69.4 cm³/mol. The quantitative estimate of drug-likeness (QED) is 0.728. The average Bonchev–Trinajstić information content (AvgIpc) is 2.22. The lowest BCUT2D eigenvalue weighted by atomic mass is 9.90. The fraction of sp³-hybridized carbons (Fsp3) is 0.857. The largest absolute Gasteiger partial charge is 0.381 e. The van der Waals surface area contributed by atoms with E-state index in [1.54, 1.807) is 0 Å². The molecule has 0 aromatic rings. The molecule has 0 aromatic heterocycles. The number of piperidine rings is 1. The van der Waals surface area contributed by atoms with Crippen LogP contribution in [-0.4, -0.2) is 31.2 Å². The Labute approximate surface area is 101 Å². The highest BCUT2D eigenvalue weighted by Gasteiger charge is 2.25. The molecule has 0 aromatic carbocycles. The minimum absolute atomic E-state index is 0.643. The van der Waals surface area contributed by atoms with Crippen molar-refractivity contribution in [2.24, 2.45) is 11.8 Å². The van der Waals surface area contributed by atoms with Crippen LogP contribution in [0.5, 0.6) is 0 Å². The molecule has 0 aliphatic carbocycles. The topological polar surface area (TPSA) is 12.5 Å². The van der Waals surface area contributed by atoms with Crippen molar-refractivity contribution in [1.29, 1.82) is 0 Å². The van der Waals surface area contributed by atoms with Crippen LogP contribution < -0.4 is 0 Å². The highest BCUT2D eigenvalue weighted by atomic mass is 16.5.